The molecule has 0 unspecified atom stereocenters. The van der Waals surface area contributed by atoms with Crippen LogP contribution in [0.3, 0.4) is 0 Å². The molecular formula is C33H37ClF3N3O4S. The molecule has 1 N–H and O–H groups in total. The van der Waals surface area contributed by atoms with Gasteiger partial charge in [0, 0.05) is 12.6 Å². The summed E-state index contributed by atoms with van der Waals surface area (Å²) in [5.74, 6) is -1.13. The average molecular weight is 664 g/mol. The number of halogens is 4. The molecule has 1 atom stereocenters. The quantitative estimate of drug-likeness (QED) is 0.237. The molecule has 0 saturated heterocycles. The molecule has 4 rings (SSSR count). The number of benzene rings is 3. The third-order valence-electron chi connectivity index (χ3n) is 8.09. The van der Waals surface area contributed by atoms with Crippen molar-refractivity contribution in [2.24, 2.45) is 0 Å². The lowest BCUT2D eigenvalue weighted by Crippen LogP contribution is -2.54. The van der Waals surface area contributed by atoms with E-state index in [4.69, 9.17) is 11.6 Å². The molecule has 12 heteroatoms. The Morgan fingerprint density at radius 1 is 0.978 bits per heavy atom. The first-order valence-corrected chi connectivity index (χ1v) is 16.7. The summed E-state index contributed by atoms with van der Waals surface area (Å²) >= 11 is 6.33. The zero-order valence-electron chi connectivity index (χ0n) is 25.2. The van der Waals surface area contributed by atoms with Gasteiger partial charge in [-0.1, -0.05) is 80.3 Å². The maximum absolute atomic E-state index is 14.3. The van der Waals surface area contributed by atoms with Gasteiger partial charge in [0.2, 0.25) is 11.8 Å². The predicted octanol–water partition coefficient (Wildman–Crippen LogP) is 7.12. The van der Waals surface area contributed by atoms with Crippen molar-refractivity contribution in [3.05, 3.63) is 94.5 Å². The van der Waals surface area contributed by atoms with Gasteiger partial charge in [-0.2, -0.15) is 13.2 Å². The Labute approximate surface area is 267 Å². The maximum atomic E-state index is 14.3. The second-order valence-corrected chi connectivity index (χ2v) is 13.5. The lowest BCUT2D eigenvalue weighted by molar-refractivity contribution is -0.140. The standard InChI is InChI=1S/C33H37ClF3N3O4S/c1-3-29(32(42)38-26-14-6-4-7-15-26)39(21-24-13-11-10-12-23(24)2)31(41)22-40(45(43,44)27-16-8-5-9-17-27)30-20-25(33(35,36)37)18-19-28(30)34/h5,8-13,16-20,26,29H,3-4,6-7,14-15,21-22H2,1-2H3,(H,38,42)/t29-/m0/s1. The van der Waals surface area contributed by atoms with Crippen LogP contribution in [0.5, 0.6) is 0 Å². The number of hydrogen-bond acceptors (Lipinski definition) is 4. The second-order valence-electron chi connectivity index (χ2n) is 11.2. The molecule has 1 fully saturated rings. The molecule has 1 saturated carbocycles. The van der Waals surface area contributed by atoms with Crippen LogP contribution < -0.4 is 9.62 Å². The van der Waals surface area contributed by atoms with E-state index in [9.17, 15) is 31.2 Å². The lowest BCUT2D eigenvalue weighted by atomic mass is 9.95. The van der Waals surface area contributed by atoms with Crippen LogP contribution >= 0.6 is 11.6 Å². The van der Waals surface area contributed by atoms with Gasteiger partial charge in [0.1, 0.15) is 12.6 Å². The molecule has 2 amide bonds. The van der Waals surface area contributed by atoms with Gasteiger partial charge in [-0.15, -0.1) is 0 Å². The van der Waals surface area contributed by atoms with Crippen LogP contribution in [-0.2, 0) is 32.3 Å². The van der Waals surface area contributed by atoms with Crippen molar-refractivity contribution < 1.29 is 31.2 Å². The molecule has 0 heterocycles. The number of nitrogens with zero attached hydrogens (tertiary/aromatic N) is 2. The van der Waals surface area contributed by atoms with Crippen molar-refractivity contribution >= 4 is 39.1 Å². The Hall–Kier alpha value is -3.57. The minimum absolute atomic E-state index is 0.0162. The topological polar surface area (TPSA) is 86.8 Å². The number of sulfonamides is 1. The van der Waals surface area contributed by atoms with Crippen LogP contribution in [0.25, 0.3) is 0 Å². The Morgan fingerprint density at radius 3 is 2.24 bits per heavy atom. The summed E-state index contributed by atoms with van der Waals surface area (Å²) in [6.07, 6.45) is 0.134. The van der Waals surface area contributed by atoms with Gasteiger partial charge in [0.05, 0.1) is 21.2 Å². The first-order valence-electron chi connectivity index (χ1n) is 14.9. The van der Waals surface area contributed by atoms with Crippen molar-refractivity contribution in [1.82, 2.24) is 10.2 Å². The summed E-state index contributed by atoms with van der Waals surface area (Å²) in [6.45, 7) is 2.70. The van der Waals surface area contributed by atoms with E-state index >= 15 is 0 Å². The summed E-state index contributed by atoms with van der Waals surface area (Å²) in [7, 11) is -4.59. The molecule has 3 aromatic carbocycles. The molecule has 0 spiro atoms. The number of carbonyl (C=O) groups excluding carboxylic acids is 2. The average Bonchev–Trinajstić information content (AvgIpc) is 3.01. The molecule has 7 nitrogen and oxygen atoms in total. The van der Waals surface area contributed by atoms with E-state index in [0.29, 0.717) is 10.4 Å². The van der Waals surface area contributed by atoms with Gasteiger partial charge in [0.15, 0.2) is 0 Å². The van der Waals surface area contributed by atoms with E-state index in [-0.39, 0.29) is 34.8 Å². The fraction of sp³-hybridized carbons (Fsp3) is 0.394. The van der Waals surface area contributed by atoms with Crippen LogP contribution in [0.1, 0.15) is 62.1 Å². The first-order chi connectivity index (χ1) is 21.3. The van der Waals surface area contributed by atoms with Crippen molar-refractivity contribution in [2.45, 2.75) is 82.1 Å². The minimum Gasteiger partial charge on any atom is -0.352 e. The number of carbonyl (C=O) groups is 2. The SMILES string of the molecule is CC[C@@H](C(=O)NC1CCCCC1)N(Cc1ccccc1C)C(=O)CN(c1cc(C(F)(F)F)ccc1Cl)S(=O)(=O)c1ccccc1. The number of amides is 2. The molecule has 45 heavy (non-hydrogen) atoms. The van der Waals surface area contributed by atoms with E-state index in [2.05, 4.69) is 5.32 Å². The molecular weight excluding hydrogens is 627 g/mol. The zero-order valence-corrected chi connectivity index (χ0v) is 26.8. The van der Waals surface area contributed by atoms with Crippen LogP contribution in [0.15, 0.2) is 77.7 Å². The van der Waals surface area contributed by atoms with E-state index in [1.165, 1.54) is 29.2 Å². The normalized spacial score (nSPS) is 14.9. The minimum atomic E-state index is -4.80. The molecule has 1 aliphatic rings. The summed E-state index contributed by atoms with van der Waals surface area (Å²) in [6, 6.07) is 15.7. The summed E-state index contributed by atoms with van der Waals surface area (Å²) in [5, 5.41) is 2.78. The molecule has 1 aliphatic carbocycles. The first kappa shape index (κ1) is 34.3. The number of anilines is 1. The highest BCUT2D eigenvalue weighted by molar-refractivity contribution is 7.92. The summed E-state index contributed by atoms with van der Waals surface area (Å²) in [5.41, 5.74) is -0.0335. The number of nitrogens with one attached hydrogen (secondary N) is 1. The number of rotatable bonds is 11. The molecule has 0 radical (unpaired) electrons. The largest absolute Gasteiger partial charge is 0.416 e. The van der Waals surface area contributed by atoms with E-state index < -0.39 is 45.9 Å². The molecule has 3 aromatic rings. The van der Waals surface area contributed by atoms with Gasteiger partial charge < -0.3 is 10.2 Å². The third-order valence-corrected chi connectivity index (χ3v) is 10.2. The lowest BCUT2D eigenvalue weighted by Gasteiger charge is -2.35. The molecule has 0 aromatic heterocycles. The van der Waals surface area contributed by atoms with E-state index in [1.807, 2.05) is 25.1 Å². The fourth-order valence-corrected chi connectivity index (χ4v) is 7.26. The van der Waals surface area contributed by atoms with Gasteiger partial charge in [0.25, 0.3) is 10.0 Å². The number of alkyl halides is 3. The Kier molecular flexibility index (Phi) is 11.2. The van der Waals surface area contributed by atoms with Crippen LogP contribution in [0, 0.1) is 6.92 Å². The summed E-state index contributed by atoms with van der Waals surface area (Å²) in [4.78, 5) is 29.0. The maximum Gasteiger partial charge on any atom is 0.416 e. The Morgan fingerprint density at radius 2 is 1.62 bits per heavy atom. The monoisotopic (exact) mass is 663 g/mol. The van der Waals surface area contributed by atoms with Gasteiger partial charge in [-0.3, -0.25) is 13.9 Å². The van der Waals surface area contributed by atoms with Crippen molar-refractivity contribution in [2.75, 3.05) is 10.8 Å². The predicted molar refractivity (Wildman–Crippen MR) is 168 cm³/mol. The van der Waals surface area contributed by atoms with Crippen molar-refractivity contribution in [3.8, 4) is 0 Å². The Bertz CT molecular complexity index is 1600. The molecule has 242 valence electrons. The molecule has 0 aliphatic heterocycles. The van der Waals surface area contributed by atoms with Gasteiger partial charge >= 0.3 is 6.18 Å². The Balaban J connectivity index is 1.78. The van der Waals surface area contributed by atoms with Crippen molar-refractivity contribution in [3.63, 3.8) is 0 Å². The van der Waals surface area contributed by atoms with Crippen LogP contribution in [0.4, 0.5) is 18.9 Å². The fourth-order valence-electron chi connectivity index (χ4n) is 5.55. The van der Waals surface area contributed by atoms with E-state index in [1.54, 1.807) is 19.1 Å². The molecule has 0 bridgehead atoms. The zero-order chi connectivity index (χ0) is 32.8. The highest BCUT2D eigenvalue weighted by atomic mass is 35.5. The third kappa shape index (κ3) is 8.38. The smallest absolute Gasteiger partial charge is 0.352 e. The number of aryl methyl sites for hydroxylation is 1. The summed E-state index contributed by atoms with van der Waals surface area (Å²) < 4.78 is 69.8. The highest BCUT2D eigenvalue weighted by Crippen LogP contribution is 2.37. The van der Waals surface area contributed by atoms with Gasteiger partial charge in [-0.25, -0.2) is 8.42 Å². The highest BCUT2D eigenvalue weighted by Gasteiger charge is 2.37. The van der Waals surface area contributed by atoms with Crippen LogP contribution in [0.2, 0.25) is 5.02 Å². The van der Waals surface area contributed by atoms with Gasteiger partial charge in [-0.05, 0) is 67.6 Å². The van der Waals surface area contributed by atoms with Crippen molar-refractivity contribution in [1.29, 1.82) is 0 Å². The van der Waals surface area contributed by atoms with E-state index in [0.717, 1.165) is 55.4 Å². The second kappa shape index (κ2) is 14.7. The van der Waals surface area contributed by atoms with Crippen LogP contribution in [-0.4, -0.2) is 43.8 Å². The number of hydrogen-bond donors (Lipinski definition) is 1.